The fourth-order valence-electron chi connectivity index (χ4n) is 1.28. The summed E-state index contributed by atoms with van der Waals surface area (Å²) in [5.41, 5.74) is 7.28. The van der Waals surface area contributed by atoms with Crippen LogP contribution in [0.25, 0.3) is 0 Å². The summed E-state index contributed by atoms with van der Waals surface area (Å²) < 4.78 is 1.39. The van der Waals surface area contributed by atoms with E-state index in [9.17, 15) is 4.79 Å². The number of anilines is 1. The molecule has 0 unspecified atom stereocenters. The fourth-order valence-corrected chi connectivity index (χ4v) is 1.28. The molecule has 5 nitrogen and oxygen atoms in total. The number of carbonyl (C=O) groups is 1. The molecule has 5 heteroatoms. The topological polar surface area (TPSA) is 72.9 Å². The monoisotopic (exact) mass is 216 g/mol. The Morgan fingerprint density at radius 1 is 1.38 bits per heavy atom. The molecule has 0 radical (unpaired) electrons. The molecule has 82 valence electrons. The Morgan fingerprint density at radius 3 is 2.75 bits per heavy atom. The maximum Gasteiger partial charge on any atom is 0.327 e. The maximum absolute atomic E-state index is 11.5. The van der Waals surface area contributed by atoms with E-state index in [0.29, 0.717) is 12.2 Å². The van der Waals surface area contributed by atoms with Crippen molar-refractivity contribution in [2.45, 2.75) is 6.54 Å². The van der Waals surface area contributed by atoms with E-state index in [-0.39, 0.29) is 6.03 Å². The molecule has 0 spiro atoms. The van der Waals surface area contributed by atoms with Gasteiger partial charge in [-0.1, -0.05) is 12.1 Å². The van der Waals surface area contributed by atoms with E-state index in [2.05, 4.69) is 10.3 Å². The lowest BCUT2D eigenvalue weighted by Gasteiger charge is -2.05. The van der Waals surface area contributed by atoms with E-state index in [0.717, 1.165) is 5.56 Å². The lowest BCUT2D eigenvalue weighted by Crippen LogP contribution is -2.26. The third-order valence-corrected chi connectivity index (χ3v) is 2.16. The quantitative estimate of drug-likeness (QED) is 0.741. The second kappa shape index (κ2) is 4.48. The molecule has 0 aliphatic heterocycles. The van der Waals surface area contributed by atoms with Gasteiger partial charge in [0.15, 0.2) is 0 Å². The van der Waals surface area contributed by atoms with Gasteiger partial charge in [0, 0.05) is 24.6 Å². The number of aromatic nitrogens is 2. The Morgan fingerprint density at radius 2 is 2.12 bits per heavy atom. The third-order valence-electron chi connectivity index (χ3n) is 2.16. The van der Waals surface area contributed by atoms with Crippen molar-refractivity contribution in [2.75, 3.05) is 5.73 Å². The molecule has 1 amide bonds. The van der Waals surface area contributed by atoms with Crippen LogP contribution in [0.15, 0.2) is 43.0 Å². The van der Waals surface area contributed by atoms with Gasteiger partial charge in [-0.2, -0.15) is 0 Å². The summed E-state index contributed by atoms with van der Waals surface area (Å²) in [7, 11) is 0. The first-order valence-corrected chi connectivity index (χ1v) is 4.86. The van der Waals surface area contributed by atoms with Crippen LogP contribution in [-0.2, 0) is 6.54 Å². The van der Waals surface area contributed by atoms with Gasteiger partial charge >= 0.3 is 6.03 Å². The summed E-state index contributed by atoms with van der Waals surface area (Å²) in [4.78, 5) is 15.3. The molecule has 0 aliphatic carbocycles. The van der Waals surface area contributed by atoms with Crippen LogP contribution < -0.4 is 11.1 Å². The second-order valence-corrected chi connectivity index (χ2v) is 3.37. The van der Waals surface area contributed by atoms with Gasteiger partial charge in [-0.3, -0.25) is 4.57 Å². The zero-order chi connectivity index (χ0) is 11.4. The van der Waals surface area contributed by atoms with Crippen LogP contribution >= 0.6 is 0 Å². The molecule has 16 heavy (non-hydrogen) atoms. The molecule has 0 saturated carbocycles. The molecule has 2 rings (SSSR count). The molecule has 0 aliphatic rings. The molecule has 0 bridgehead atoms. The summed E-state index contributed by atoms with van der Waals surface area (Å²) >= 11 is 0. The van der Waals surface area contributed by atoms with Crippen molar-refractivity contribution in [3.63, 3.8) is 0 Å². The van der Waals surface area contributed by atoms with Gasteiger partial charge in [-0.25, -0.2) is 9.78 Å². The van der Waals surface area contributed by atoms with Crippen molar-refractivity contribution in [2.24, 2.45) is 0 Å². The van der Waals surface area contributed by atoms with Crippen LogP contribution in [0.4, 0.5) is 10.5 Å². The van der Waals surface area contributed by atoms with Gasteiger partial charge in [0.1, 0.15) is 6.33 Å². The first kappa shape index (κ1) is 10.2. The number of nitrogens with one attached hydrogen (secondary N) is 1. The average molecular weight is 216 g/mol. The number of nitrogens with two attached hydrogens (primary N) is 1. The maximum atomic E-state index is 11.5. The Labute approximate surface area is 92.9 Å². The number of imidazole rings is 1. The zero-order valence-electron chi connectivity index (χ0n) is 8.63. The Kier molecular flexibility index (Phi) is 2.86. The molecule has 0 saturated heterocycles. The predicted octanol–water partition coefficient (Wildman–Crippen LogP) is 1.22. The average Bonchev–Trinajstić information content (AvgIpc) is 2.81. The molecule has 1 heterocycles. The largest absolute Gasteiger partial charge is 0.399 e. The van der Waals surface area contributed by atoms with Gasteiger partial charge in [-0.05, 0) is 17.7 Å². The zero-order valence-corrected chi connectivity index (χ0v) is 8.63. The number of rotatable bonds is 2. The highest BCUT2D eigenvalue weighted by atomic mass is 16.2. The normalized spacial score (nSPS) is 10.0. The van der Waals surface area contributed by atoms with Crippen LogP contribution in [0.3, 0.4) is 0 Å². The van der Waals surface area contributed by atoms with Crippen LogP contribution in [0.2, 0.25) is 0 Å². The lowest BCUT2D eigenvalue weighted by atomic mass is 10.2. The third kappa shape index (κ3) is 2.38. The number of hydrogen-bond donors (Lipinski definition) is 2. The van der Waals surface area contributed by atoms with Crippen LogP contribution in [-0.4, -0.2) is 15.6 Å². The molecule has 3 N–H and O–H groups in total. The number of amides is 1. The minimum Gasteiger partial charge on any atom is -0.399 e. The van der Waals surface area contributed by atoms with Gasteiger partial charge in [0.2, 0.25) is 0 Å². The summed E-state index contributed by atoms with van der Waals surface area (Å²) in [5.74, 6) is 0. The standard InChI is InChI=1S/C11H12N4O/c12-10-3-1-9(2-4-10)7-14-11(16)15-6-5-13-8-15/h1-6,8H,7,12H2,(H,14,16). The van der Waals surface area contributed by atoms with Gasteiger partial charge in [0.25, 0.3) is 0 Å². The number of nitrogen functional groups attached to an aromatic ring is 1. The van der Waals surface area contributed by atoms with Crippen molar-refractivity contribution < 1.29 is 4.79 Å². The van der Waals surface area contributed by atoms with Crippen molar-refractivity contribution in [1.29, 1.82) is 0 Å². The molecule has 1 aromatic carbocycles. The van der Waals surface area contributed by atoms with Crippen molar-refractivity contribution in [3.8, 4) is 0 Å². The summed E-state index contributed by atoms with van der Waals surface area (Å²) in [5, 5.41) is 2.76. The highest BCUT2D eigenvalue weighted by Crippen LogP contribution is 2.04. The van der Waals surface area contributed by atoms with Crippen LogP contribution in [0, 0.1) is 0 Å². The lowest BCUT2D eigenvalue weighted by molar-refractivity contribution is 0.242. The van der Waals surface area contributed by atoms with E-state index in [1.807, 2.05) is 12.1 Å². The van der Waals surface area contributed by atoms with Crippen molar-refractivity contribution in [1.82, 2.24) is 14.9 Å². The number of hydrogen-bond acceptors (Lipinski definition) is 3. The SMILES string of the molecule is Nc1ccc(CNC(=O)n2ccnc2)cc1. The minimum atomic E-state index is -0.200. The predicted molar refractivity (Wildman–Crippen MR) is 60.7 cm³/mol. The van der Waals surface area contributed by atoms with E-state index in [4.69, 9.17) is 5.73 Å². The van der Waals surface area contributed by atoms with Crippen LogP contribution in [0.1, 0.15) is 5.56 Å². The molecule has 2 aromatic rings. The van der Waals surface area contributed by atoms with E-state index < -0.39 is 0 Å². The Bertz CT molecular complexity index is 461. The van der Waals surface area contributed by atoms with Crippen molar-refractivity contribution >= 4 is 11.7 Å². The van der Waals surface area contributed by atoms with Gasteiger partial charge in [-0.15, -0.1) is 0 Å². The highest BCUT2D eigenvalue weighted by Gasteiger charge is 2.02. The second-order valence-electron chi connectivity index (χ2n) is 3.37. The van der Waals surface area contributed by atoms with Crippen molar-refractivity contribution in [3.05, 3.63) is 48.5 Å². The first-order chi connectivity index (χ1) is 7.75. The summed E-state index contributed by atoms with van der Waals surface area (Å²) in [6, 6.07) is 7.17. The van der Waals surface area contributed by atoms with E-state index in [1.165, 1.54) is 10.9 Å². The summed E-state index contributed by atoms with van der Waals surface area (Å²) in [6.45, 7) is 0.470. The number of carbonyl (C=O) groups excluding carboxylic acids is 1. The van der Waals surface area contributed by atoms with Gasteiger partial charge < -0.3 is 11.1 Å². The molecule has 1 aromatic heterocycles. The minimum absolute atomic E-state index is 0.200. The van der Waals surface area contributed by atoms with Crippen LogP contribution in [0.5, 0.6) is 0 Å². The van der Waals surface area contributed by atoms with E-state index in [1.54, 1.807) is 24.5 Å². The van der Waals surface area contributed by atoms with Gasteiger partial charge in [0.05, 0.1) is 0 Å². The molecular formula is C11H12N4O. The molecular weight excluding hydrogens is 204 g/mol. The number of benzene rings is 1. The highest BCUT2D eigenvalue weighted by molar-refractivity contribution is 5.76. The van der Waals surface area contributed by atoms with E-state index >= 15 is 0 Å². The summed E-state index contributed by atoms with van der Waals surface area (Å²) in [6.07, 6.45) is 4.61. The molecule has 0 atom stereocenters. The first-order valence-electron chi connectivity index (χ1n) is 4.86. The molecule has 0 fully saturated rings. The Balaban J connectivity index is 1.93. The number of nitrogens with zero attached hydrogens (tertiary/aromatic N) is 2. The smallest absolute Gasteiger partial charge is 0.327 e. The fraction of sp³-hybridized carbons (Fsp3) is 0.0909. The Hall–Kier alpha value is -2.30.